The van der Waals surface area contributed by atoms with E-state index in [9.17, 15) is 0 Å². The van der Waals surface area contributed by atoms with E-state index in [0.717, 1.165) is 32.0 Å². The standard InChI is InChI=1S/C13H25N3/c1-4-8-16-11-13(10-15-16)9-14-7-5-6-12(2)3/h10-12,14H,4-9H2,1-3H3. The Balaban J connectivity index is 2.12. The number of hydrogen-bond donors (Lipinski definition) is 1. The summed E-state index contributed by atoms with van der Waals surface area (Å²) < 4.78 is 2.02. The van der Waals surface area contributed by atoms with E-state index in [0.29, 0.717) is 0 Å². The van der Waals surface area contributed by atoms with Gasteiger partial charge in [0, 0.05) is 24.8 Å². The molecule has 92 valence electrons. The molecule has 3 nitrogen and oxygen atoms in total. The van der Waals surface area contributed by atoms with Crippen molar-refractivity contribution in [3.05, 3.63) is 18.0 Å². The molecule has 0 amide bonds. The summed E-state index contributed by atoms with van der Waals surface area (Å²) in [6.45, 7) is 9.79. The molecular formula is C13H25N3. The zero-order valence-corrected chi connectivity index (χ0v) is 10.9. The Morgan fingerprint density at radius 3 is 2.94 bits per heavy atom. The first-order valence-corrected chi connectivity index (χ1v) is 6.44. The molecule has 0 radical (unpaired) electrons. The molecule has 0 spiro atoms. The Morgan fingerprint density at radius 2 is 2.25 bits per heavy atom. The number of nitrogens with zero attached hydrogens (tertiary/aromatic N) is 2. The number of nitrogens with one attached hydrogen (secondary N) is 1. The Morgan fingerprint density at radius 1 is 1.44 bits per heavy atom. The van der Waals surface area contributed by atoms with Crippen molar-refractivity contribution in [3.63, 3.8) is 0 Å². The molecule has 0 saturated heterocycles. The zero-order valence-electron chi connectivity index (χ0n) is 10.9. The van der Waals surface area contributed by atoms with Gasteiger partial charge >= 0.3 is 0 Å². The van der Waals surface area contributed by atoms with Crippen LogP contribution in [0.15, 0.2) is 12.4 Å². The summed E-state index contributed by atoms with van der Waals surface area (Å²) in [5, 5.41) is 7.77. The van der Waals surface area contributed by atoms with Crippen LogP contribution in [0.3, 0.4) is 0 Å². The van der Waals surface area contributed by atoms with Gasteiger partial charge in [-0.15, -0.1) is 0 Å². The highest BCUT2D eigenvalue weighted by atomic mass is 15.3. The maximum absolute atomic E-state index is 4.31. The summed E-state index contributed by atoms with van der Waals surface area (Å²) >= 11 is 0. The predicted octanol–water partition coefficient (Wildman–Crippen LogP) is 2.82. The molecule has 0 aliphatic carbocycles. The minimum absolute atomic E-state index is 0.814. The fourth-order valence-electron chi connectivity index (χ4n) is 1.72. The fraction of sp³-hybridized carbons (Fsp3) is 0.769. The van der Waals surface area contributed by atoms with E-state index < -0.39 is 0 Å². The van der Waals surface area contributed by atoms with Crippen LogP contribution in [0.25, 0.3) is 0 Å². The molecule has 0 aliphatic heterocycles. The Bertz CT molecular complexity index is 278. The van der Waals surface area contributed by atoms with Crippen LogP contribution >= 0.6 is 0 Å². The largest absolute Gasteiger partial charge is 0.313 e. The maximum Gasteiger partial charge on any atom is 0.0534 e. The van der Waals surface area contributed by atoms with Crippen LogP contribution in [-0.4, -0.2) is 16.3 Å². The Hall–Kier alpha value is -0.830. The summed E-state index contributed by atoms with van der Waals surface area (Å²) in [6, 6.07) is 0. The number of hydrogen-bond acceptors (Lipinski definition) is 2. The highest BCUT2D eigenvalue weighted by Gasteiger charge is 1.98. The average molecular weight is 223 g/mol. The topological polar surface area (TPSA) is 29.9 Å². The lowest BCUT2D eigenvalue weighted by Gasteiger charge is -2.05. The van der Waals surface area contributed by atoms with Crippen molar-refractivity contribution in [1.29, 1.82) is 0 Å². The molecule has 0 unspecified atom stereocenters. The van der Waals surface area contributed by atoms with Gasteiger partial charge in [-0.2, -0.15) is 5.10 Å². The Kier molecular flexibility index (Phi) is 6.16. The molecule has 0 saturated carbocycles. The van der Waals surface area contributed by atoms with Crippen LogP contribution in [0.2, 0.25) is 0 Å². The van der Waals surface area contributed by atoms with E-state index in [1.54, 1.807) is 0 Å². The zero-order chi connectivity index (χ0) is 11.8. The monoisotopic (exact) mass is 223 g/mol. The summed E-state index contributed by atoms with van der Waals surface area (Å²) in [6.07, 6.45) is 7.82. The maximum atomic E-state index is 4.31. The van der Waals surface area contributed by atoms with Crippen molar-refractivity contribution >= 4 is 0 Å². The minimum Gasteiger partial charge on any atom is -0.313 e. The van der Waals surface area contributed by atoms with Gasteiger partial charge in [0.05, 0.1) is 6.20 Å². The molecule has 1 heterocycles. The van der Waals surface area contributed by atoms with E-state index in [1.165, 1.54) is 18.4 Å². The van der Waals surface area contributed by atoms with Crippen LogP contribution in [0.4, 0.5) is 0 Å². The third kappa shape index (κ3) is 5.31. The van der Waals surface area contributed by atoms with Crippen molar-refractivity contribution in [1.82, 2.24) is 15.1 Å². The summed E-state index contributed by atoms with van der Waals surface area (Å²) in [5.74, 6) is 0.814. The number of rotatable bonds is 8. The third-order valence-corrected chi connectivity index (χ3v) is 2.60. The van der Waals surface area contributed by atoms with Gasteiger partial charge in [-0.1, -0.05) is 20.8 Å². The second kappa shape index (κ2) is 7.44. The van der Waals surface area contributed by atoms with Gasteiger partial charge in [0.25, 0.3) is 0 Å². The lowest BCUT2D eigenvalue weighted by atomic mass is 10.1. The molecule has 3 heteroatoms. The van der Waals surface area contributed by atoms with Gasteiger partial charge in [-0.05, 0) is 31.7 Å². The average Bonchev–Trinajstić information content (AvgIpc) is 2.65. The minimum atomic E-state index is 0.814. The molecule has 0 fully saturated rings. The molecule has 0 atom stereocenters. The van der Waals surface area contributed by atoms with Gasteiger partial charge in [0.15, 0.2) is 0 Å². The number of aryl methyl sites for hydroxylation is 1. The first-order chi connectivity index (χ1) is 7.72. The molecule has 0 aromatic carbocycles. The van der Waals surface area contributed by atoms with Gasteiger partial charge < -0.3 is 5.32 Å². The highest BCUT2D eigenvalue weighted by molar-refractivity contribution is 5.03. The van der Waals surface area contributed by atoms with Gasteiger partial charge in [0.2, 0.25) is 0 Å². The van der Waals surface area contributed by atoms with Crippen molar-refractivity contribution in [2.45, 2.75) is 53.1 Å². The molecule has 0 bridgehead atoms. The summed E-state index contributed by atoms with van der Waals surface area (Å²) in [5.41, 5.74) is 1.29. The van der Waals surface area contributed by atoms with Crippen molar-refractivity contribution in [3.8, 4) is 0 Å². The SMILES string of the molecule is CCCn1cc(CNCCCC(C)C)cn1. The molecule has 1 aromatic heterocycles. The van der Waals surface area contributed by atoms with Crippen molar-refractivity contribution < 1.29 is 0 Å². The van der Waals surface area contributed by atoms with E-state index in [2.05, 4.69) is 37.4 Å². The van der Waals surface area contributed by atoms with Crippen LogP contribution in [0.5, 0.6) is 0 Å². The van der Waals surface area contributed by atoms with Crippen LogP contribution in [-0.2, 0) is 13.1 Å². The van der Waals surface area contributed by atoms with Crippen molar-refractivity contribution in [2.24, 2.45) is 5.92 Å². The molecule has 1 aromatic rings. The molecule has 0 aliphatic rings. The van der Waals surface area contributed by atoms with Gasteiger partial charge in [-0.25, -0.2) is 0 Å². The summed E-state index contributed by atoms with van der Waals surface area (Å²) in [4.78, 5) is 0. The smallest absolute Gasteiger partial charge is 0.0534 e. The first-order valence-electron chi connectivity index (χ1n) is 6.44. The van der Waals surface area contributed by atoms with Crippen LogP contribution < -0.4 is 5.32 Å². The normalized spacial score (nSPS) is 11.2. The second-order valence-corrected chi connectivity index (χ2v) is 4.82. The van der Waals surface area contributed by atoms with E-state index >= 15 is 0 Å². The second-order valence-electron chi connectivity index (χ2n) is 4.82. The van der Waals surface area contributed by atoms with Crippen LogP contribution in [0, 0.1) is 5.92 Å². The molecule has 1 N–H and O–H groups in total. The quantitative estimate of drug-likeness (QED) is 0.687. The third-order valence-electron chi connectivity index (χ3n) is 2.60. The van der Waals surface area contributed by atoms with Gasteiger partial charge in [0.1, 0.15) is 0 Å². The van der Waals surface area contributed by atoms with Crippen molar-refractivity contribution in [2.75, 3.05) is 6.54 Å². The lowest BCUT2D eigenvalue weighted by Crippen LogP contribution is -2.14. The first kappa shape index (κ1) is 13.2. The van der Waals surface area contributed by atoms with E-state index in [4.69, 9.17) is 0 Å². The molecular weight excluding hydrogens is 198 g/mol. The lowest BCUT2D eigenvalue weighted by molar-refractivity contribution is 0.527. The number of aromatic nitrogens is 2. The summed E-state index contributed by atoms with van der Waals surface area (Å²) in [7, 11) is 0. The molecule has 16 heavy (non-hydrogen) atoms. The molecule has 1 rings (SSSR count). The predicted molar refractivity (Wildman–Crippen MR) is 68.3 cm³/mol. The fourth-order valence-corrected chi connectivity index (χ4v) is 1.72. The van der Waals surface area contributed by atoms with Crippen LogP contribution in [0.1, 0.15) is 45.6 Å². The van der Waals surface area contributed by atoms with E-state index in [-0.39, 0.29) is 0 Å². The Labute approximate surface area is 99.2 Å². The highest BCUT2D eigenvalue weighted by Crippen LogP contribution is 2.02. The van der Waals surface area contributed by atoms with E-state index in [1.807, 2.05) is 10.9 Å². The van der Waals surface area contributed by atoms with Gasteiger partial charge in [-0.3, -0.25) is 4.68 Å².